The standard InChI is InChI=1S/C20H24N4O3/c1-27-14-19(25)23-16-6-7-18(24-9-2-3-10-24)17(11-16)20(26)22-13-15-5-4-8-21-12-15/h4-8,11-12H,2-3,9-10,13-14H2,1H3,(H,22,26)(H,23,25). The molecule has 1 saturated heterocycles. The van der Waals surface area contributed by atoms with Crippen molar-refractivity contribution in [2.24, 2.45) is 0 Å². The molecule has 0 bridgehead atoms. The fourth-order valence-corrected chi connectivity index (χ4v) is 3.14. The average molecular weight is 368 g/mol. The third kappa shape index (κ3) is 5.04. The number of aromatic nitrogens is 1. The SMILES string of the molecule is COCC(=O)Nc1ccc(N2CCCC2)c(C(=O)NCc2cccnc2)c1. The Kier molecular flexibility index (Phi) is 6.38. The maximum absolute atomic E-state index is 12.9. The monoisotopic (exact) mass is 368 g/mol. The molecule has 2 amide bonds. The molecule has 1 aliphatic rings. The van der Waals surface area contributed by atoms with Gasteiger partial charge in [-0.25, -0.2) is 0 Å². The van der Waals surface area contributed by atoms with Crippen molar-refractivity contribution in [3.63, 3.8) is 0 Å². The third-order valence-electron chi connectivity index (χ3n) is 4.42. The van der Waals surface area contributed by atoms with E-state index in [1.807, 2.05) is 24.3 Å². The molecule has 1 aromatic heterocycles. The minimum Gasteiger partial charge on any atom is -0.375 e. The molecule has 1 aromatic carbocycles. The quantitative estimate of drug-likeness (QED) is 0.783. The Morgan fingerprint density at radius 1 is 1.22 bits per heavy atom. The van der Waals surface area contributed by atoms with E-state index in [1.54, 1.807) is 18.5 Å². The van der Waals surface area contributed by atoms with Crippen molar-refractivity contribution in [2.75, 3.05) is 37.0 Å². The fourth-order valence-electron chi connectivity index (χ4n) is 3.14. The number of anilines is 2. The van der Waals surface area contributed by atoms with E-state index in [2.05, 4.69) is 20.5 Å². The van der Waals surface area contributed by atoms with Crippen LogP contribution in [0.25, 0.3) is 0 Å². The van der Waals surface area contributed by atoms with Crippen LogP contribution < -0.4 is 15.5 Å². The lowest BCUT2D eigenvalue weighted by Crippen LogP contribution is -2.27. The highest BCUT2D eigenvalue weighted by Gasteiger charge is 2.20. The number of nitrogens with zero attached hydrogens (tertiary/aromatic N) is 2. The van der Waals surface area contributed by atoms with E-state index < -0.39 is 0 Å². The summed E-state index contributed by atoms with van der Waals surface area (Å²) in [6.07, 6.45) is 5.65. The molecule has 0 atom stereocenters. The van der Waals surface area contributed by atoms with Gasteiger partial charge in [0.1, 0.15) is 6.61 Å². The first-order valence-electron chi connectivity index (χ1n) is 9.02. The smallest absolute Gasteiger partial charge is 0.253 e. The molecule has 2 heterocycles. The van der Waals surface area contributed by atoms with E-state index in [4.69, 9.17) is 4.74 Å². The summed E-state index contributed by atoms with van der Waals surface area (Å²) in [5.74, 6) is -0.434. The molecule has 0 spiro atoms. The van der Waals surface area contributed by atoms with Crippen molar-refractivity contribution in [1.29, 1.82) is 0 Å². The van der Waals surface area contributed by atoms with Gasteiger partial charge in [-0.1, -0.05) is 6.07 Å². The van der Waals surface area contributed by atoms with Crippen LogP contribution in [0.2, 0.25) is 0 Å². The summed E-state index contributed by atoms with van der Waals surface area (Å²) in [5, 5.41) is 5.70. The summed E-state index contributed by atoms with van der Waals surface area (Å²) in [7, 11) is 1.47. The maximum Gasteiger partial charge on any atom is 0.253 e. The maximum atomic E-state index is 12.9. The number of carbonyl (C=O) groups excluding carboxylic acids is 2. The fraction of sp³-hybridized carbons (Fsp3) is 0.350. The number of ether oxygens (including phenoxy) is 1. The van der Waals surface area contributed by atoms with Crippen LogP contribution >= 0.6 is 0 Å². The summed E-state index contributed by atoms with van der Waals surface area (Å²) in [6.45, 7) is 2.22. The molecule has 1 fully saturated rings. The zero-order valence-electron chi connectivity index (χ0n) is 15.4. The molecule has 7 heteroatoms. The Morgan fingerprint density at radius 2 is 2.04 bits per heavy atom. The third-order valence-corrected chi connectivity index (χ3v) is 4.42. The number of hydrogen-bond donors (Lipinski definition) is 2. The van der Waals surface area contributed by atoms with Crippen LogP contribution in [0.5, 0.6) is 0 Å². The molecule has 27 heavy (non-hydrogen) atoms. The molecule has 2 aromatic rings. The van der Waals surface area contributed by atoms with Gasteiger partial charge in [0.05, 0.1) is 5.56 Å². The van der Waals surface area contributed by atoms with Crippen molar-refractivity contribution in [3.8, 4) is 0 Å². The first kappa shape index (κ1) is 18.8. The lowest BCUT2D eigenvalue weighted by Gasteiger charge is -2.22. The molecule has 7 nitrogen and oxygen atoms in total. The average Bonchev–Trinajstić information content (AvgIpc) is 3.21. The van der Waals surface area contributed by atoms with Crippen LogP contribution in [0.3, 0.4) is 0 Å². The van der Waals surface area contributed by atoms with E-state index in [0.717, 1.165) is 37.2 Å². The lowest BCUT2D eigenvalue weighted by molar-refractivity contribution is -0.119. The normalized spacial score (nSPS) is 13.4. The van der Waals surface area contributed by atoms with Crippen LogP contribution in [0, 0.1) is 0 Å². The van der Waals surface area contributed by atoms with Gasteiger partial charge < -0.3 is 20.3 Å². The van der Waals surface area contributed by atoms with Crippen LogP contribution in [-0.2, 0) is 16.1 Å². The number of carbonyl (C=O) groups is 2. The molecule has 1 aliphatic heterocycles. The Hall–Kier alpha value is -2.93. The minimum atomic E-state index is -0.256. The van der Waals surface area contributed by atoms with Gasteiger partial charge >= 0.3 is 0 Å². The summed E-state index contributed by atoms with van der Waals surface area (Å²) < 4.78 is 4.84. The van der Waals surface area contributed by atoms with E-state index in [-0.39, 0.29) is 18.4 Å². The second kappa shape index (κ2) is 9.14. The lowest BCUT2D eigenvalue weighted by atomic mass is 10.1. The number of pyridine rings is 1. The van der Waals surface area contributed by atoms with Crippen LogP contribution in [-0.4, -0.2) is 43.6 Å². The Bertz CT molecular complexity index is 789. The van der Waals surface area contributed by atoms with Gasteiger partial charge in [0.25, 0.3) is 5.91 Å². The number of amides is 2. The zero-order chi connectivity index (χ0) is 19.1. The van der Waals surface area contributed by atoms with Gasteiger partial charge in [-0.05, 0) is 42.7 Å². The Morgan fingerprint density at radius 3 is 2.74 bits per heavy atom. The summed E-state index contributed by atoms with van der Waals surface area (Å²) in [5.41, 5.74) is 2.95. The van der Waals surface area contributed by atoms with Crippen molar-refractivity contribution < 1.29 is 14.3 Å². The van der Waals surface area contributed by atoms with Crippen molar-refractivity contribution in [1.82, 2.24) is 10.3 Å². The molecule has 0 saturated carbocycles. The van der Waals surface area contributed by atoms with E-state index >= 15 is 0 Å². The first-order valence-corrected chi connectivity index (χ1v) is 9.02. The van der Waals surface area contributed by atoms with Crippen molar-refractivity contribution >= 4 is 23.2 Å². The summed E-state index contributed by atoms with van der Waals surface area (Å²) in [6, 6.07) is 9.19. The highest BCUT2D eigenvalue weighted by atomic mass is 16.5. The highest BCUT2D eigenvalue weighted by molar-refractivity contribution is 6.02. The summed E-state index contributed by atoms with van der Waals surface area (Å²) >= 11 is 0. The van der Waals surface area contributed by atoms with Crippen molar-refractivity contribution in [2.45, 2.75) is 19.4 Å². The Balaban J connectivity index is 1.79. The van der Waals surface area contributed by atoms with Crippen LogP contribution in [0.4, 0.5) is 11.4 Å². The molecule has 0 unspecified atom stereocenters. The minimum absolute atomic E-state index is 0.0313. The predicted octanol–water partition coefficient (Wildman–Crippen LogP) is 2.20. The molecule has 0 aliphatic carbocycles. The zero-order valence-corrected chi connectivity index (χ0v) is 15.4. The van der Waals surface area contributed by atoms with Crippen LogP contribution in [0.15, 0.2) is 42.7 Å². The topological polar surface area (TPSA) is 83.6 Å². The van der Waals surface area contributed by atoms with Gasteiger partial charge in [0.2, 0.25) is 5.91 Å². The summed E-state index contributed by atoms with van der Waals surface area (Å²) in [4.78, 5) is 30.9. The van der Waals surface area contributed by atoms with Gasteiger partial charge in [0.15, 0.2) is 0 Å². The molecule has 0 radical (unpaired) electrons. The van der Waals surface area contributed by atoms with Crippen molar-refractivity contribution in [3.05, 3.63) is 53.9 Å². The number of nitrogens with one attached hydrogen (secondary N) is 2. The number of methoxy groups -OCH3 is 1. The largest absolute Gasteiger partial charge is 0.375 e. The van der Waals surface area contributed by atoms with Gasteiger partial charge in [-0.3, -0.25) is 14.6 Å². The van der Waals surface area contributed by atoms with E-state index in [9.17, 15) is 9.59 Å². The predicted molar refractivity (Wildman–Crippen MR) is 104 cm³/mol. The van der Waals surface area contributed by atoms with Gasteiger partial charge in [0, 0.05) is 50.5 Å². The van der Waals surface area contributed by atoms with Gasteiger partial charge in [-0.15, -0.1) is 0 Å². The molecule has 142 valence electrons. The molecule has 3 rings (SSSR count). The van der Waals surface area contributed by atoms with Gasteiger partial charge in [-0.2, -0.15) is 0 Å². The first-order chi connectivity index (χ1) is 13.2. The van der Waals surface area contributed by atoms with E-state index in [1.165, 1.54) is 7.11 Å². The molecular weight excluding hydrogens is 344 g/mol. The molecular formula is C20H24N4O3. The highest BCUT2D eigenvalue weighted by Crippen LogP contribution is 2.27. The second-order valence-electron chi connectivity index (χ2n) is 6.45. The van der Waals surface area contributed by atoms with Crippen LogP contribution in [0.1, 0.15) is 28.8 Å². The number of hydrogen-bond acceptors (Lipinski definition) is 5. The number of rotatable bonds is 7. The van der Waals surface area contributed by atoms with E-state index in [0.29, 0.717) is 17.8 Å². The molecule has 2 N–H and O–H groups in total. The Labute approximate surface area is 158 Å². The number of benzene rings is 1. The second-order valence-corrected chi connectivity index (χ2v) is 6.45.